The fraction of sp³-hybridized carbons (Fsp3) is 0.696. The highest BCUT2D eigenvalue weighted by Crippen LogP contribution is 2.30. The molecule has 0 radical (unpaired) electrons. The van der Waals surface area contributed by atoms with Crippen molar-refractivity contribution in [3.05, 3.63) is 24.3 Å². The molecular weight excluding hydrogens is 352 g/mol. The van der Waals surface area contributed by atoms with Gasteiger partial charge in [0.25, 0.3) is 0 Å². The zero-order chi connectivity index (χ0) is 20.2. The summed E-state index contributed by atoms with van der Waals surface area (Å²) in [6, 6.07) is 7.59. The van der Waals surface area contributed by atoms with Crippen LogP contribution in [0.5, 0.6) is 5.75 Å². The van der Waals surface area contributed by atoms with Crippen molar-refractivity contribution in [3.63, 3.8) is 0 Å². The van der Waals surface area contributed by atoms with Gasteiger partial charge in [0.15, 0.2) is 0 Å². The standard InChI is InChI=1S/C23H38N2O3/c1-4-5-6-7-8-11-17-27-22-15-10-9-14-20(22)24-23(26)28-21-16-12-13-19(21)18-25(2)3/h9-10,14-15,19,21H,4-8,11-13,16-18H2,1-3H3,(H,24,26)/t19-,21-/m0/s1. The molecule has 1 saturated carbocycles. The summed E-state index contributed by atoms with van der Waals surface area (Å²) in [5, 5.41) is 2.88. The predicted molar refractivity (Wildman–Crippen MR) is 115 cm³/mol. The first kappa shape index (κ1) is 22.5. The predicted octanol–water partition coefficient (Wildman–Crippen LogP) is 5.70. The number of hydrogen-bond donors (Lipinski definition) is 1. The van der Waals surface area contributed by atoms with Crippen LogP contribution in [0.15, 0.2) is 24.3 Å². The summed E-state index contributed by atoms with van der Waals surface area (Å²) in [5.74, 6) is 1.13. The number of nitrogens with zero attached hydrogens (tertiary/aromatic N) is 1. The van der Waals surface area contributed by atoms with Crippen LogP contribution >= 0.6 is 0 Å². The Morgan fingerprint density at radius 1 is 1.11 bits per heavy atom. The van der Waals surface area contributed by atoms with E-state index in [-0.39, 0.29) is 12.2 Å². The van der Waals surface area contributed by atoms with E-state index in [1.165, 1.54) is 32.1 Å². The largest absolute Gasteiger partial charge is 0.491 e. The second-order valence-corrected chi connectivity index (χ2v) is 8.13. The molecule has 5 heteroatoms. The highest BCUT2D eigenvalue weighted by molar-refractivity contribution is 5.86. The van der Waals surface area contributed by atoms with Crippen LogP contribution in [0.3, 0.4) is 0 Å². The Hall–Kier alpha value is -1.75. The molecule has 1 amide bonds. The molecule has 0 aliphatic heterocycles. The minimum absolute atomic E-state index is 0.00130. The molecule has 158 valence electrons. The van der Waals surface area contributed by atoms with Gasteiger partial charge in [-0.05, 0) is 51.9 Å². The summed E-state index contributed by atoms with van der Waals surface area (Å²) < 4.78 is 11.6. The monoisotopic (exact) mass is 390 g/mol. The van der Waals surface area contributed by atoms with Crippen molar-refractivity contribution >= 4 is 11.8 Å². The lowest BCUT2D eigenvalue weighted by Gasteiger charge is -2.23. The summed E-state index contributed by atoms with van der Waals surface area (Å²) in [5.41, 5.74) is 0.681. The molecule has 1 aromatic carbocycles. The molecule has 0 saturated heterocycles. The number of carbonyl (C=O) groups is 1. The molecule has 0 heterocycles. The molecule has 0 unspecified atom stereocenters. The van der Waals surface area contributed by atoms with Crippen LogP contribution in [0.2, 0.25) is 0 Å². The molecule has 1 N–H and O–H groups in total. The third kappa shape index (κ3) is 8.09. The Morgan fingerprint density at radius 3 is 2.64 bits per heavy atom. The lowest BCUT2D eigenvalue weighted by molar-refractivity contribution is 0.0780. The number of para-hydroxylation sites is 2. The maximum absolute atomic E-state index is 12.4. The van der Waals surface area contributed by atoms with Crippen LogP contribution in [-0.2, 0) is 4.74 Å². The van der Waals surface area contributed by atoms with Crippen molar-refractivity contribution in [2.45, 2.75) is 70.8 Å². The van der Waals surface area contributed by atoms with Gasteiger partial charge in [0.1, 0.15) is 11.9 Å². The second-order valence-electron chi connectivity index (χ2n) is 8.13. The van der Waals surface area contributed by atoms with Gasteiger partial charge in [-0.2, -0.15) is 0 Å². The van der Waals surface area contributed by atoms with Crippen LogP contribution in [-0.4, -0.2) is 44.3 Å². The lowest BCUT2D eigenvalue weighted by atomic mass is 10.1. The SMILES string of the molecule is CCCCCCCCOc1ccccc1NC(=O)O[C@H]1CCC[C@H]1CN(C)C. The van der Waals surface area contributed by atoms with E-state index < -0.39 is 0 Å². The number of benzene rings is 1. The van der Waals surface area contributed by atoms with Gasteiger partial charge >= 0.3 is 6.09 Å². The number of nitrogens with one attached hydrogen (secondary N) is 1. The van der Waals surface area contributed by atoms with Gasteiger partial charge in [-0.25, -0.2) is 4.79 Å². The lowest BCUT2D eigenvalue weighted by Crippen LogP contribution is -2.31. The zero-order valence-corrected chi connectivity index (χ0v) is 17.9. The van der Waals surface area contributed by atoms with Crippen LogP contribution in [0.25, 0.3) is 0 Å². The van der Waals surface area contributed by atoms with Gasteiger partial charge < -0.3 is 14.4 Å². The summed E-state index contributed by atoms with van der Waals surface area (Å²) in [7, 11) is 4.12. The second kappa shape index (κ2) is 12.7. The Labute approximate surface area is 170 Å². The highest BCUT2D eigenvalue weighted by Gasteiger charge is 2.30. The summed E-state index contributed by atoms with van der Waals surface area (Å²) in [6.07, 6.45) is 10.2. The summed E-state index contributed by atoms with van der Waals surface area (Å²) in [4.78, 5) is 14.6. The van der Waals surface area contributed by atoms with Crippen LogP contribution in [0.1, 0.15) is 64.7 Å². The first-order chi connectivity index (χ1) is 13.6. The fourth-order valence-electron chi connectivity index (χ4n) is 3.87. The average molecular weight is 391 g/mol. The third-order valence-electron chi connectivity index (χ3n) is 5.33. The van der Waals surface area contributed by atoms with E-state index >= 15 is 0 Å². The molecule has 2 atom stereocenters. The number of rotatable bonds is 12. The quantitative estimate of drug-likeness (QED) is 0.465. The Balaban J connectivity index is 1.77. The number of anilines is 1. The fourth-order valence-corrected chi connectivity index (χ4v) is 3.87. The van der Waals surface area contributed by atoms with Crippen molar-refractivity contribution in [1.29, 1.82) is 0 Å². The summed E-state index contributed by atoms with van der Waals surface area (Å²) in [6.45, 7) is 3.86. The number of ether oxygens (including phenoxy) is 2. The Bertz CT molecular complexity index is 577. The van der Waals surface area contributed by atoms with Crippen molar-refractivity contribution in [2.24, 2.45) is 5.92 Å². The minimum Gasteiger partial charge on any atom is -0.491 e. The molecule has 2 rings (SSSR count). The molecule has 1 aliphatic carbocycles. The molecule has 1 fully saturated rings. The normalized spacial score (nSPS) is 19.0. The first-order valence-electron chi connectivity index (χ1n) is 10.9. The molecule has 0 spiro atoms. The van der Waals surface area contributed by atoms with Gasteiger partial charge in [0.2, 0.25) is 0 Å². The van der Waals surface area contributed by atoms with Gasteiger partial charge in [0, 0.05) is 12.5 Å². The van der Waals surface area contributed by atoms with Crippen molar-refractivity contribution < 1.29 is 14.3 Å². The minimum atomic E-state index is -0.383. The highest BCUT2D eigenvalue weighted by atomic mass is 16.6. The maximum Gasteiger partial charge on any atom is 0.412 e. The van der Waals surface area contributed by atoms with Crippen molar-refractivity contribution in [2.75, 3.05) is 32.6 Å². The third-order valence-corrected chi connectivity index (χ3v) is 5.33. The van der Waals surface area contributed by atoms with E-state index in [1.807, 2.05) is 24.3 Å². The van der Waals surface area contributed by atoms with Gasteiger partial charge in [-0.15, -0.1) is 0 Å². The number of unbranched alkanes of at least 4 members (excludes halogenated alkanes) is 5. The van der Waals surface area contributed by atoms with Crippen molar-refractivity contribution in [3.8, 4) is 5.75 Å². The molecule has 1 aromatic rings. The van der Waals surface area contributed by atoms with Crippen LogP contribution in [0.4, 0.5) is 10.5 Å². The smallest absolute Gasteiger partial charge is 0.412 e. The number of amides is 1. The van der Waals surface area contributed by atoms with Crippen LogP contribution < -0.4 is 10.1 Å². The van der Waals surface area contributed by atoms with E-state index in [0.717, 1.165) is 32.2 Å². The Kier molecular flexibility index (Phi) is 10.2. The molecule has 0 aromatic heterocycles. The van der Waals surface area contributed by atoms with Gasteiger partial charge in [-0.3, -0.25) is 5.32 Å². The van der Waals surface area contributed by atoms with E-state index in [2.05, 4.69) is 31.2 Å². The number of carbonyl (C=O) groups excluding carboxylic acids is 1. The van der Waals surface area contributed by atoms with Gasteiger partial charge in [0.05, 0.1) is 12.3 Å². The van der Waals surface area contributed by atoms with E-state index in [4.69, 9.17) is 9.47 Å². The number of hydrogen-bond acceptors (Lipinski definition) is 4. The molecule has 28 heavy (non-hydrogen) atoms. The first-order valence-corrected chi connectivity index (χ1v) is 10.9. The molecule has 0 bridgehead atoms. The average Bonchev–Trinajstić information content (AvgIpc) is 3.08. The van der Waals surface area contributed by atoms with Gasteiger partial charge in [-0.1, -0.05) is 51.2 Å². The zero-order valence-electron chi connectivity index (χ0n) is 17.9. The molecular formula is C23H38N2O3. The van der Waals surface area contributed by atoms with E-state index in [9.17, 15) is 4.79 Å². The summed E-state index contributed by atoms with van der Waals surface area (Å²) >= 11 is 0. The van der Waals surface area contributed by atoms with Crippen molar-refractivity contribution in [1.82, 2.24) is 4.90 Å². The molecule has 5 nitrogen and oxygen atoms in total. The topological polar surface area (TPSA) is 50.8 Å². The Morgan fingerprint density at radius 2 is 1.86 bits per heavy atom. The van der Waals surface area contributed by atoms with E-state index in [1.54, 1.807) is 0 Å². The van der Waals surface area contributed by atoms with Crippen LogP contribution in [0, 0.1) is 5.92 Å². The molecule has 1 aliphatic rings. The van der Waals surface area contributed by atoms with E-state index in [0.29, 0.717) is 24.0 Å². The maximum atomic E-state index is 12.4.